The maximum absolute atomic E-state index is 12.8. The Morgan fingerprint density at radius 1 is 1.11 bits per heavy atom. The number of anilines is 1. The number of hydrogen-bond donors (Lipinski definition) is 1. The Kier molecular flexibility index (Phi) is 7.11. The molecule has 36 heavy (non-hydrogen) atoms. The van der Waals surface area contributed by atoms with Crippen molar-refractivity contribution in [1.82, 2.24) is 9.88 Å². The lowest BCUT2D eigenvalue weighted by Crippen LogP contribution is -2.36. The maximum Gasteiger partial charge on any atom is 0.294 e. The predicted octanol–water partition coefficient (Wildman–Crippen LogP) is 5.07. The molecule has 0 aliphatic carbocycles. The number of hydrogen-bond acceptors (Lipinski definition) is 8. The highest BCUT2D eigenvalue weighted by Gasteiger charge is 2.36. The average molecular weight is 505 g/mol. The molecule has 1 aromatic heterocycles. The third-order valence-corrected chi connectivity index (χ3v) is 5.92. The zero-order valence-electron chi connectivity index (χ0n) is 19.3. The standard InChI is InChI=1S/C25H20N4O6S/c1-15-9-16(2)11-18(10-15)27-22(30)14-28-24(31)21(36-25(28)32)12-17-3-6-20(7-4-17)35-23-8-5-19(13-26-23)29(33)34/h3-13H,14H2,1-2H3,(H,27,30)/b21-12-. The molecule has 4 rings (SSSR count). The van der Waals surface area contributed by atoms with Crippen LogP contribution in [0.1, 0.15) is 16.7 Å². The van der Waals surface area contributed by atoms with Gasteiger partial charge >= 0.3 is 0 Å². The molecule has 0 unspecified atom stereocenters. The minimum Gasteiger partial charge on any atom is -0.439 e. The monoisotopic (exact) mass is 504 g/mol. The first-order valence-corrected chi connectivity index (χ1v) is 11.5. The number of nitrogens with zero attached hydrogens (tertiary/aromatic N) is 3. The van der Waals surface area contributed by atoms with Crippen LogP contribution in [0, 0.1) is 24.0 Å². The maximum atomic E-state index is 12.8. The van der Waals surface area contributed by atoms with E-state index >= 15 is 0 Å². The number of amides is 3. The van der Waals surface area contributed by atoms with Gasteiger partial charge in [-0.15, -0.1) is 0 Å². The van der Waals surface area contributed by atoms with E-state index in [4.69, 9.17) is 4.74 Å². The van der Waals surface area contributed by atoms with E-state index in [9.17, 15) is 24.5 Å². The second kappa shape index (κ2) is 10.4. The molecule has 1 fully saturated rings. The van der Waals surface area contributed by atoms with Crippen molar-refractivity contribution in [3.8, 4) is 11.6 Å². The number of nitro groups is 1. The lowest BCUT2D eigenvalue weighted by molar-refractivity contribution is -0.385. The predicted molar refractivity (Wildman–Crippen MR) is 135 cm³/mol. The molecule has 0 radical (unpaired) electrons. The quantitative estimate of drug-likeness (QED) is 0.268. The Hall–Kier alpha value is -4.51. The summed E-state index contributed by atoms with van der Waals surface area (Å²) >= 11 is 0.763. The summed E-state index contributed by atoms with van der Waals surface area (Å²) in [7, 11) is 0. The van der Waals surface area contributed by atoms with Gasteiger partial charge in [0.15, 0.2) is 0 Å². The van der Waals surface area contributed by atoms with E-state index in [2.05, 4.69) is 10.3 Å². The molecule has 0 saturated carbocycles. The van der Waals surface area contributed by atoms with Gasteiger partial charge in [-0.2, -0.15) is 0 Å². The third kappa shape index (κ3) is 5.94. The lowest BCUT2D eigenvalue weighted by atomic mass is 10.1. The first-order valence-electron chi connectivity index (χ1n) is 10.7. The van der Waals surface area contributed by atoms with E-state index in [1.54, 1.807) is 30.3 Å². The van der Waals surface area contributed by atoms with E-state index in [1.807, 2.05) is 32.0 Å². The normalized spacial score (nSPS) is 14.3. The molecule has 1 aliphatic rings. The number of imide groups is 1. The number of ether oxygens (including phenoxy) is 1. The fourth-order valence-corrected chi connectivity index (χ4v) is 4.31. The molecule has 3 amide bonds. The van der Waals surface area contributed by atoms with Gasteiger partial charge in [-0.25, -0.2) is 4.98 Å². The first-order chi connectivity index (χ1) is 17.2. The zero-order valence-corrected chi connectivity index (χ0v) is 20.1. The van der Waals surface area contributed by atoms with Crippen molar-refractivity contribution in [3.63, 3.8) is 0 Å². The third-order valence-electron chi connectivity index (χ3n) is 5.01. The number of nitrogens with one attached hydrogen (secondary N) is 1. The Balaban J connectivity index is 1.38. The molecule has 0 spiro atoms. The number of carbonyl (C=O) groups excluding carboxylic acids is 3. The van der Waals surface area contributed by atoms with E-state index in [0.717, 1.165) is 34.0 Å². The molecule has 182 valence electrons. The van der Waals surface area contributed by atoms with Crippen molar-refractivity contribution in [1.29, 1.82) is 0 Å². The van der Waals surface area contributed by atoms with E-state index in [-0.39, 0.29) is 23.0 Å². The molecular weight excluding hydrogens is 484 g/mol. The Morgan fingerprint density at radius 2 is 1.81 bits per heavy atom. The molecule has 0 bridgehead atoms. The molecule has 1 aliphatic heterocycles. The second-order valence-electron chi connectivity index (χ2n) is 7.98. The molecule has 11 heteroatoms. The molecule has 1 saturated heterocycles. The highest BCUT2D eigenvalue weighted by Crippen LogP contribution is 2.32. The summed E-state index contributed by atoms with van der Waals surface area (Å²) in [6.45, 7) is 3.44. The van der Waals surface area contributed by atoms with E-state index in [1.165, 1.54) is 12.1 Å². The summed E-state index contributed by atoms with van der Waals surface area (Å²) < 4.78 is 5.57. The molecule has 2 aromatic carbocycles. The number of pyridine rings is 1. The fraction of sp³-hybridized carbons (Fsp3) is 0.120. The highest BCUT2D eigenvalue weighted by molar-refractivity contribution is 8.18. The van der Waals surface area contributed by atoms with Gasteiger partial charge in [-0.3, -0.25) is 29.4 Å². The van der Waals surface area contributed by atoms with Crippen LogP contribution in [0.4, 0.5) is 16.2 Å². The van der Waals surface area contributed by atoms with Gasteiger partial charge < -0.3 is 10.1 Å². The zero-order chi connectivity index (χ0) is 25.8. The molecule has 10 nitrogen and oxygen atoms in total. The van der Waals surface area contributed by atoms with Gasteiger partial charge in [0.25, 0.3) is 16.8 Å². The summed E-state index contributed by atoms with van der Waals surface area (Å²) in [5.74, 6) is -0.390. The number of aromatic nitrogens is 1. The van der Waals surface area contributed by atoms with Crippen molar-refractivity contribution < 1.29 is 24.0 Å². The van der Waals surface area contributed by atoms with Crippen LogP contribution in [-0.2, 0) is 9.59 Å². The summed E-state index contributed by atoms with van der Waals surface area (Å²) in [6.07, 6.45) is 2.66. The summed E-state index contributed by atoms with van der Waals surface area (Å²) in [4.78, 5) is 52.7. The van der Waals surface area contributed by atoms with Gasteiger partial charge in [-0.1, -0.05) is 18.2 Å². The average Bonchev–Trinajstić information content (AvgIpc) is 3.07. The van der Waals surface area contributed by atoms with Crippen LogP contribution in [0.25, 0.3) is 6.08 Å². The van der Waals surface area contributed by atoms with E-state index < -0.39 is 22.0 Å². The summed E-state index contributed by atoms with van der Waals surface area (Å²) in [5.41, 5.74) is 3.07. The molecule has 0 atom stereocenters. The number of rotatable bonds is 7. The van der Waals surface area contributed by atoms with Crippen LogP contribution in [0.2, 0.25) is 0 Å². The number of thioether (sulfide) groups is 1. The van der Waals surface area contributed by atoms with Gasteiger partial charge in [0, 0.05) is 17.8 Å². The summed E-state index contributed by atoms with van der Waals surface area (Å²) in [6, 6.07) is 14.9. The van der Waals surface area contributed by atoms with Gasteiger partial charge in [0.1, 0.15) is 18.5 Å². The first kappa shape index (κ1) is 24.6. The van der Waals surface area contributed by atoms with Crippen LogP contribution in [0.3, 0.4) is 0 Å². The minimum absolute atomic E-state index is 0.144. The minimum atomic E-state index is -0.551. The molecular formula is C25H20N4O6S. The summed E-state index contributed by atoms with van der Waals surface area (Å²) in [5, 5.41) is 12.9. The lowest BCUT2D eigenvalue weighted by Gasteiger charge is -2.13. The number of aryl methyl sites for hydroxylation is 2. The van der Waals surface area contributed by atoms with Crippen molar-refractivity contribution in [3.05, 3.63) is 92.5 Å². The van der Waals surface area contributed by atoms with Gasteiger partial charge in [0.05, 0.1) is 9.83 Å². The van der Waals surface area contributed by atoms with Crippen LogP contribution >= 0.6 is 11.8 Å². The second-order valence-corrected chi connectivity index (χ2v) is 8.97. The van der Waals surface area contributed by atoms with Gasteiger partial charge in [0.2, 0.25) is 11.8 Å². The Bertz CT molecular complexity index is 1370. The van der Waals surface area contributed by atoms with Crippen LogP contribution in [0.5, 0.6) is 11.6 Å². The van der Waals surface area contributed by atoms with Crippen molar-refractivity contribution >= 4 is 46.3 Å². The van der Waals surface area contributed by atoms with Crippen molar-refractivity contribution in [2.45, 2.75) is 13.8 Å². The van der Waals surface area contributed by atoms with Crippen molar-refractivity contribution in [2.24, 2.45) is 0 Å². The molecule has 3 aromatic rings. The van der Waals surface area contributed by atoms with Crippen molar-refractivity contribution in [2.75, 3.05) is 11.9 Å². The largest absolute Gasteiger partial charge is 0.439 e. The number of carbonyl (C=O) groups is 3. The smallest absolute Gasteiger partial charge is 0.294 e. The molecule has 2 heterocycles. The van der Waals surface area contributed by atoms with Crippen LogP contribution < -0.4 is 10.1 Å². The van der Waals surface area contributed by atoms with Crippen LogP contribution in [-0.4, -0.2) is 38.4 Å². The van der Waals surface area contributed by atoms with Crippen LogP contribution in [0.15, 0.2) is 65.7 Å². The number of benzene rings is 2. The van der Waals surface area contributed by atoms with E-state index in [0.29, 0.717) is 17.0 Å². The highest BCUT2D eigenvalue weighted by atomic mass is 32.2. The fourth-order valence-electron chi connectivity index (χ4n) is 3.47. The topological polar surface area (TPSA) is 132 Å². The Labute approximate surface area is 210 Å². The Morgan fingerprint density at radius 3 is 2.42 bits per heavy atom. The molecule has 1 N–H and O–H groups in total. The van der Waals surface area contributed by atoms with Gasteiger partial charge in [-0.05, 0) is 72.6 Å². The SMILES string of the molecule is Cc1cc(C)cc(NC(=O)CN2C(=O)S/C(=C\c3ccc(Oc4ccc([N+](=O)[O-])cn4)cc3)C2=O)c1.